The Morgan fingerprint density at radius 1 is 1.78 bits per heavy atom. The second kappa shape index (κ2) is 4.13. The lowest BCUT2D eigenvalue weighted by Crippen LogP contribution is -2.21. The standard InChI is InChI=1S/C7H14N2/c1-5-9(6-2)7(3)8-4/h5H,1,6H2,2-4H3/b8-7+. The molecular formula is C7H14N2. The smallest absolute Gasteiger partial charge is 0.0993 e. The summed E-state index contributed by atoms with van der Waals surface area (Å²) in [7, 11) is 1.78. The van der Waals surface area contributed by atoms with Gasteiger partial charge in [-0.3, -0.25) is 4.99 Å². The number of aliphatic imine (C=N–C) groups is 1. The van der Waals surface area contributed by atoms with E-state index in [0.717, 1.165) is 12.4 Å². The molecule has 0 aliphatic rings. The average molecular weight is 126 g/mol. The van der Waals surface area contributed by atoms with E-state index in [1.165, 1.54) is 0 Å². The van der Waals surface area contributed by atoms with Crippen molar-refractivity contribution in [2.24, 2.45) is 4.99 Å². The van der Waals surface area contributed by atoms with E-state index in [-0.39, 0.29) is 0 Å². The van der Waals surface area contributed by atoms with Crippen molar-refractivity contribution in [3.8, 4) is 0 Å². The molecule has 0 spiro atoms. The average Bonchev–Trinajstić information content (AvgIpc) is 1.90. The first-order valence-corrected chi connectivity index (χ1v) is 3.08. The van der Waals surface area contributed by atoms with Crippen LogP contribution in [0.15, 0.2) is 17.8 Å². The van der Waals surface area contributed by atoms with E-state index in [0.29, 0.717) is 0 Å². The highest BCUT2D eigenvalue weighted by atomic mass is 15.2. The van der Waals surface area contributed by atoms with Gasteiger partial charge in [-0.15, -0.1) is 0 Å². The Labute approximate surface area is 56.9 Å². The molecule has 0 aliphatic heterocycles. The fourth-order valence-electron chi connectivity index (χ4n) is 0.618. The van der Waals surface area contributed by atoms with Crippen molar-refractivity contribution in [1.29, 1.82) is 0 Å². The number of amidine groups is 1. The van der Waals surface area contributed by atoms with E-state index in [1.807, 2.05) is 11.8 Å². The maximum Gasteiger partial charge on any atom is 0.0993 e. The van der Waals surface area contributed by atoms with Crippen molar-refractivity contribution < 1.29 is 0 Å². The minimum atomic E-state index is 0.937. The maximum absolute atomic E-state index is 4.00. The summed E-state index contributed by atoms with van der Waals surface area (Å²) < 4.78 is 0. The van der Waals surface area contributed by atoms with Gasteiger partial charge in [0.1, 0.15) is 0 Å². The molecule has 0 aromatic carbocycles. The Balaban J connectivity index is 3.94. The van der Waals surface area contributed by atoms with Gasteiger partial charge in [-0.25, -0.2) is 0 Å². The molecule has 0 fully saturated rings. The molecule has 0 saturated heterocycles. The highest BCUT2D eigenvalue weighted by Gasteiger charge is 1.94. The van der Waals surface area contributed by atoms with Crippen LogP contribution in [0, 0.1) is 0 Å². The zero-order valence-corrected chi connectivity index (χ0v) is 6.39. The van der Waals surface area contributed by atoms with Gasteiger partial charge in [0.2, 0.25) is 0 Å². The molecule has 2 heteroatoms. The summed E-state index contributed by atoms with van der Waals surface area (Å²) in [5, 5.41) is 0. The first-order valence-electron chi connectivity index (χ1n) is 3.08. The van der Waals surface area contributed by atoms with Crippen LogP contribution in [0.4, 0.5) is 0 Å². The van der Waals surface area contributed by atoms with E-state index < -0.39 is 0 Å². The molecule has 0 heterocycles. The largest absolute Gasteiger partial charge is 0.338 e. The summed E-state index contributed by atoms with van der Waals surface area (Å²) in [6, 6.07) is 0. The van der Waals surface area contributed by atoms with Crippen molar-refractivity contribution in [2.45, 2.75) is 13.8 Å². The molecular weight excluding hydrogens is 112 g/mol. The number of nitrogens with zero attached hydrogens (tertiary/aromatic N) is 2. The van der Waals surface area contributed by atoms with Crippen LogP contribution in [0.25, 0.3) is 0 Å². The Kier molecular flexibility index (Phi) is 3.76. The van der Waals surface area contributed by atoms with E-state index in [4.69, 9.17) is 0 Å². The summed E-state index contributed by atoms with van der Waals surface area (Å²) in [5.74, 6) is 1.01. The summed E-state index contributed by atoms with van der Waals surface area (Å²) >= 11 is 0. The highest BCUT2D eigenvalue weighted by Crippen LogP contribution is 1.89. The zero-order valence-electron chi connectivity index (χ0n) is 6.39. The third-order valence-electron chi connectivity index (χ3n) is 1.30. The monoisotopic (exact) mass is 126 g/mol. The second-order valence-corrected chi connectivity index (χ2v) is 1.74. The minimum absolute atomic E-state index is 0.937. The molecule has 0 amide bonds. The van der Waals surface area contributed by atoms with Crippen LogP contribution in [0.3, 0.4) is 0 Å². The third kappa shape index (κ3) is 2.31. The molecule has 0 atom stereocenters. The quantitative estimate of drug-likeness (QED) is 0.404. The fourth-order valence-corrected chi connectivity index (χ4v) is 0.618. The van der Waals surface area contributed by atoms with Crippen molar-refractivity contribution in [3.05, 3.63) is 12.8 Å². The molecule has 52 valence electrons. The first-order chi connectivity index (χ1) is 4.26. The number of hydrogen-bond donors (Lipinski definition) is 0. The maximum atomic E-state index is 4.00. The van der Waals surface area contributed by atoms with Crippen LogP contribution in [-0.2, 0) is 0 Å². The van der Waals surface area contributed by atoms with E-state index in [9.17, 15) is 0 Å². The van der Waals surface area contributed by atoms with Gasteiger partial charge in [0, 0.05) is 13.6 Å². The molecule has 0 aromatic heterocycles. The molecule has 0 rings (SSSR count). The Morgan fingerprint density at radius 2 is 2.33 bits per heavy atom. The van der Waals surface area contributed by atoms with Gasteiger partial charge < -0.3 is 4.90 Å². The molecule has 0 radical (unpaired) electrons. The fraction of sp³-hybridized carbons (Fsp3) is 0.571. The van der Waals surface area contributed by atoms with E-state index >= 15 is 0 Å². The van der Waals surface area contributed by atoms with Gasteiger partial charge in [-0.2, -0.15) is 0 Å². The van der Waals surface area contributed by atoms with Gasteiger partial charge in [-0.1, -0.05) is 6.58 Å². The van der Waals surface area contributed by atoms with Gasteiger partial charge >= 0.3 is 0 Å². The van der Waals surface area contributed by atoms with Crippen LogP contribution in [0.2, 0.25) is 0 Å². The lowest BCUT2D eigenvalue weighted by Gasteiger charge is -2.15. The molecule has 9 heavy (non-hydrogen) atoms. The number of rotatable bonds is 2. The van der Waals surface area contributed by atoms with Crippen molar-refractivity contribution in [3.63, 3.8) is 0 Å². The predicted molar refractivity (Wildman–Crippen MR) is 41.6 cm³/mol. The molecule has 0 N–H and O–H groups in total. The summed E-state index contributed by atoms with van der Waals surface area (Å²) in [6.07, 6.45) is 1.78. The zero-order chi connectivity index (χ0) is 7.28. The lowest BCUT2D eigenvalue weighted by atomic mass is 10.5. The predicted octanol–water partition coefficient (Wildman–Crippen LogP) is 1.50. The molecule has 0 aromatic rings. The Bertz CT molecular complexity index is 116. The van der Waals surface area contributed by atoms with Crippen LogP contribution >= 0.6 is 0 Å². The first kappa shape index (κ1) is 8.21. The van der Waals surface area contributed by atoms with Gasteiger partial charge in [0.15, 0.2) is 0 Å². The third-order valence-corrected chi connectivity index (χ3v) is 1.30. The lowest BCUT2D eigenvalue weighted by molar-refractivity contribution is 0.587. The van der Waals surface area contributed by atoms with Crippen LogP contribution in [0.1, 0.15) is 13.8 Å². The molecule has 0 aliphatic carbocycles. The van der Waals surface area contributed by atoms with Crippen molar-refractivity contribution >= 4 is 5.84 Å². The highest BCUT2D eigenvalue weighted by molar-refractivity contribution is 5.80. The molecule has 0 saturated carbocycles. The molecule has 2 nitrogen and oxygen atoms in total. The van der Waals surface area contributed by atoms with Gasteiger partial charge in [0.05, 0.1) is 5.84 Å². The Morgan fingerprint density at radius 3 is 2.44 bits per heavy atom. The minimum Gasteiger partial charge on any atom is -0.338 e. The van der Waals surface area contributed by atoms with E-state index in [1.54, 1.807) is 13.2 Å². The summed E-state index contributed by atoms with van der Waals surface area (Å²) in [5.41, 5.74) is 0. The van der Waals surface area contributed by atoms with E-state index in [2.05, 4.69) is 18.5 Å². The summed E-state index contributed by atoms with van der Waals surface area (Å²) in [6.45, 7) is 8.61. The number of hydrogen-bond acceptors (Lipinski definition) is 1. The summed E-state index contributed by atoms with van der Waals surface area (Å²) in [4.78, 5) is 5.99. The van der Waals surface area contributed by atoms with Crippen LogP contribution in [-0.4, -0.2) is 24.3 Å². The van der Waals surface area contributed by atoms with Gasteiger partial charge in [-0.05, 0) is 20.0 Å². The van der Waals surface area contributed by atoms with Crippen molar-refractivity contribution in [2.75, 3.05) is 13.6 Å². The topological polar surface area (TPSA) is 15.6 Å². The SMILES string of the molecule is C=CN(CC)/C(C)=N/C. The Hall–Kier alpha value is -0.790. The second-order valence-electron chi connectivity index (χ2n) is 1.74. The van der Waals surface area contributed by atoms with Crippen LogP contribution in [0.5, 0.6) is 0 Å². The van der Waals surface area contributed by atoms with Crippen molar-refractivity contribution in [1.82, 2.24) is 4.90 Å². The van der Waals surface area contributed by atoms with Crippen LogP contribution < -0.4 is 0 Å². The van der Waals surface area contributed by atoms with Gasteiger partial charge in [0.25, 0.3) is 0 Å². The molecule has 0 bridgehead atoms. The molecule has 0 unspecified atom stereocenters. The normalized spacial score (nSPS) is 11.2.